The van der Waals surface area contributed by atoms with Crippen LogP contribution in [0.25, 0.3) is 0 Å². The van der Waals surface area contributed by atoms with Crippen LogP contribution < -0.4 is 0 Å². The molecule has 0 aliphatic rings. The van der Waals surface area contributed by atoms with Crippen molar-refractivity contribution in [1.29, 1.82) is 0 Å². The molecule has 0 saturated heterocycles. The molecule has 0 aliphatic carbocycles. The van der Waals surface area contributed by atoms with Crippen molar-refractivity contribution in [3.05, 3.63) is 71.8 Å². The number of benzene rings is 2. The molecule has 0 fully saturated rings. The molecular formula is C18H22O4. The molecule has 118 valence electrons. The van der Waals surface area contributed by atoms with Crippen LogP contribution in [0.15, 0.2) is 60.7 Å². The predicted molar refractivity (Wildman–Crippen MR) is 84.2 cm³/mol. The van der Waals surface area contributed by atoms with E-state index >= 15 is 0 Å². The highest BCUT2D eigenvalue weighted by Gasteiger charge is 2.16. The third-order valence-corrected chi connectivity index (χ3v) is 3.02. The van der Waals surface area contributed by atoms with Crippen molar-refractivity contribution in [3.63, 3.8) is 0 Å². The SMILES string of the molecule is [2H]C(OC[C@@H](O)[C@H](O)COC([2H])c1ccccc1)c1ccccc1. The molecule has 2 unspecified atom stereocenters. The molecule has 0 aromatic heterocycles. The maximum Gasteiger partial charge on any atom is 0.105 e. The Morgan fingerprint density at radius 3 is 1.45 bits per heavy atom. The van der Waals surface area contributed by atoms with Crippen molar-refractivity contribution in [2.24, 2.45) is 0 Å². The van der Waals surface area contributed by atoms with Crippen LogP contribution in [-0.2, 0) is 22.6 Å². The number of ether oxygens (including phenoxy) is 2. The summed E-state index contributed by atoms with van der Waals surface area (Å²) >= 11 is 0. The second-order valence-corrected chi connectivity index (χ2v) is 4.86. The molecular weight excluding hydrogens is 280 g/mol. The molecule has 0 radical (unpaired) electrons. The van der Waals surface area contributed by atoms with Gasteiger partial charge in [-0.15, -0.1) is 0 Å². The molecule has 4 heteroatoms. The Kier molecular flexibility index (Phi) is 5.90. The molecule has 2 aromatic rings. The third-order valence-electron chi connectivity index (χ3n) is 3.02. The fourth-order valence-corrected chi connectivity index (χ4v) is 1.77. The van der Waals surface area contributed by atoms with Gasteiger partial charge in [-0.3, -0.25) is 0 Å². The maximum atomic E-state index is 9.90. The lowest BCUT2D eigenvalue weighted by Crippen LogP contribution is -2.34. The second-order valence-electron chi connectivity index (χ2n) is 4.86. The minimum absolute atomic E-state index is 0.193. The first kappa shape index (κ1) is 13.9. The Bertz CT molecular complexity index is 529. The van der Waals surface area contributed by atoms with Gasteiger partial charge in [-0.05, 0) is 11.1 Å². The van der Waals surface area contributed by atoms with Crippen LogP contribution in [0.1, 0.15) is 13.9 Å². The smallest absolute Gasteiger partial charge is 0.105 e. The van der Waals surface area contributed by atoms with Gasteiger partial charge in [0.1, 0.15) is 12.2 Å². The molecule has 22 heavy (non-hydrogen) atoms. The first-order chi connectivity index (χ1) is 11.6. The number of hydrogen-bond donors (Lipinski definition) is 2. The van der Waals surface area contributed by atoms with Crippen LogP contribution in [0.2, 0.25) is 0 Å². The summed E-state index contributed by atoms with van der Waals surface area (Å²) in [5.74, 6) is 0. The van der Waals surface area contributed by atoms with E-state index < -0.39 is 25.4 Å². The second kappa shape index (κ2) is 9.33. The van der Waals surface area contributed by atoms with Crippen molar-refractivity contribution in [2.75, 3.05) is 13.2 Å². The van der Waals surface area contributed by atoms with E-state index in [0.29, 0.717) is 11.1 Å². The van der Waals surface area contributed by atoms with Crippen LogP contribution in [0.5, 0.6) is 0 Å². The fourth-order valence-electron chi connectivity index (χ4n) is 1.77. The summed E-state index contributed by atoms with van der Waals surface area (Å²) in [6.45, 7) is -2.24. The first-order valence-corrected chi connectivity index (χ1v) is 7.11. The summed E-state index contributed by atoms with van der Waals surface area (Å²) in [6, 6.07) is 17.9. The van der Waals surface area contributed by atoms with Gasteiger partial charge < -0.3 is 19.7 Å². The van der Waals surface area contributed by atoms with E-state index in [-0.39, 0.29) is 13.2 Å². The quantitative estimate of drug-likeness (QED) is 0.745. The Morgan fingerprint density at radius 1 is 0.727 bits per heavy atom. The zero-order valence-electron chi connectivity index (χ0n) is 14.2. The van der Waals surface area contributed by atoms with E-state index in [1.165, 1.54) is 0 Å². The lowest BCUT2D eigenvalue weighted by Gasteiger charge is -2.18. The van der Waals surface area contributed by atoms with E-state index in [1.807, 2.05) is 12.1 Å². The number of rotatable bonds is 9. The van der Waals surface area contributed by atoms with Gasteiger partial charge in [0.2, 0.25) is 0 Å². The Labute approximate surface area is 133 Å². The molecule has 4 nitrogen and oxygen atoms in total. The molecule has 0 heterocycles. The van der Waals surface area contributed by atoms with Crippen LogP contribution in [0, 0.1) is 0 Å². The minimum Gasteiger partial charge on any atom is -0.388 e. The minimum atomic E-state index is -1.19. The van der Waals surface area contributed by atoms with Gasteiger partial charge in [-0.2, -0.15) is 0 Å². The van der Waals surface area contributed by atoms with Gasteiger partial charge >= 0.3 is 0 Å². The molecule has 2 N–H and O–H groups in total. The average molecular weight is 304 g/mol. The zero-order valence-corrected chi connectivity index (χ0v) is 12.2. The average Bonchev–Trinajstić information content (AvgIpc) is 2.64. The van der Waals surface area contributed by atoms with Crippen LogP contribution in [0.4, 0.5) is 0 Å². The topological polar surface area (TPSA) is 58.9 Å². The highest BCUT2D eigenvalue weighted by molar-refractivity contribution is 5.14. The van der Waals surface area contributed by atoms with Crippen LogP contribution in [0.3, 0.4) is 0 Å². The number of hydrogen-bond acceptors (Lipinski definition) is 4. The summed E-state index contributed by atoms with van der Waals surface area (Å²) in [5.41, 5.74) is 1.34. The van der Waals surface area contributed by atoms with Gasteiger partial charge in [0.05, 0.1) is 29.1 Å². The largest absolute Gasteiger partial charge is 0.388 e. The van der Waals surface area contributed by atoms with Gasteiger partial charge in [0, 0.05) is 0 Å². The normalized spacial score (nSPS) is 17.9. The zero-order chi connectivity index (χ0) is 17.4. The monoisotopic (exact) mass is 304 g/mol. The Morgan fingerprint density at radius 2 is 1.09 bits per heavy atom. The molecule has 0 bridgehead atoms. The van der Waals surface area contributed by atoms with E-state index in [2.05, 4.69) is 0 Å². The highest BCUT2D eigenvalue weighted by Crippen LogP contribution is 2.05. The maximum absolute atomic E-state index is 9.90. The van der Waals surface area contributed by atoms with E-state index in [9.17, 15) is 10.2 Å². The lowest BCUT2D eigenvalue weighted by molar-refractivity contribution is -0.0758. The molecule has 2 rings (SSSR count). The van der Waals surface area contributed by atoms with E-state index in [4.69, 9.17) is 12.2 Å². The Balaban J connectivity index is 1.73. The first-order valence-electron chi connectivity index (χ1n) is 8.27. The van der Waals surface area contributed by atoms with E-state index in [0.717, 1.165) is 0 Å². The van der Waals surface area contributed by atoms with Gasteiger partial charge in [0.15, 0.2) is 0 Å². The summed E-state index contributed by atoms with van der Waals surface area (Å²) in [6.07, 6.45) is -2.38. The van der Waals surface area contributed by atoms with Crippen molar-refractivity contribution in [3.8, 4) is 0 Å². The number of aliphatic hydroxyl groups excluding tert-OH is 2. The van der Waals surface area contributed by atoms with Crippen LogP contribution >= 0.6 is 0 Å². The van der Waals surface area contributed by atoms with Crippen molar-refractivity contribution in [2.45, 2.75) is 25.4 Å². The van der Waals surface area contributed by atoms with Gasteiger partial charge in [-0.25, -0.2) is 0 Å². The van der Waals surface area contributed by atoms with E-state index in [1.54, 1.807) is 48.5 Å². The predicted octanol–water partition coefficient (Wildman–Crippen LogP) is 2.14. The van der Waals surface area contributed by atoms with Crippen molar-refractivity contribution < 1.29 is 22.4 Å². The number of aliphatic hydroxyl groups is 2. The van der Waals surface area contributed by atoms with Crippen LogP contribution in [-0.4, -0.2) is 35.6 Å². The highest BCUT2D eigenvalue weighted by atomic mass is 16.5. The summed E-state index contributed by atoms with van der Waals surface area (Å²) in [5, 5.41) is 19.8. The lowest BCUT2D eigenvalue weighted by atomic mass is 10.2. The summed E-state index contributed by atoms with van der Waals surface area (Å²) < 4.78 is 26.2. The van der Waals surface area contributed by atoms with Gasteiger partial charge in [-0.1, -0.05) is 60.7 Å². The molecule has 0 spiro atoms. The summed E-state index contributed by atoms with van der Waals surface area (Å²) in [7, 11) is 0. The summed E-state index contributed by atoms with van der Waals surface area (Å²) in [4.78, 5) is 0. The Hall–Kier alpha value is -1.72. The molecule has 0 aliphatic heterocycles. The fraction of sp³-hybridized carbons (Fsp3) is 0.333. The molecule has 2 aromatic carbocycles. The third kappa shape index (κ3) is 5.95. The van der Waals surface area contributed by atoms with Crippen molar-refractivity contribution in [1.82, 2.24) is 0 Å². The molecule has 4 atom stereocenters. The van der Waals surface area contributed by atoms with Crippen molar-refractivity contribution >= 4 is 0 Å². The molecule has 0 saturated carbocycles. The standard InChI is InChI=1S/C18H22O4/c19-17(13-21-11-15-7-3-1-4-8-15)18(20)14-22-12-16-9-5-2-6-10-16/h1-10,17-20H,11-14H2/t17-,18-/m1/s1/i11D,12D/t11?,12?,17-,18-. The van der Waals surface area contributed by atoms with Gasteiger partial charge in [0.25, 0.3) is 0 Å². The molecule has 0 amide bonds.